The third-order valence-electron chi connectivity index (χ3n) is 4.31. The van der Waals surface area contributed by atoms with Gasteiger partial charge in [-0.15, -0.1) is 0 Å². The van der Waals surface area contributed by atoms with Gasteiger partial charge in [-0.2, -0.15) is 5.10 Å². The number of nitrogens with zero attached hydrogens (tertiary/aromatic N) is 4. The van der Waals surface area contributed by atoms with Crippen LogP contribution >= 0.6 is 0 Å². The number of hydrogen-bond acceptors (Lipinski definition) is 5. The van der Waals surface area contributed by atoms with Crippen LogP contribution in [-0.2, 0) is 17.8 Å². The van der Waals surface area contributed by atoms with Gasteiger partial charge in [0.05, 0.1) is 24.9 Å². The molecule has 1 unspecified atom stereocenters. The van der Waals surface area contributed by atoms with Crippen LogP contribution < -0.4 is 0 Å². The molecule has 0 aromatic carbocycles. The van der Waals surface area contributed by atoms with Gasteiger partial charge in [0.25, 0.3) is 5.91 Å². The molecule has 1 fully saturated rings. The van der Waals surface area contributed by atoms with Crippen LogP contribution in [0, 0.1) is 0 Å². The average molecular weight is 302 g/mol. The molecule has 116 valence electrons. The Kier molecular flexibility index (Phi) is 3.22. The summed E-state index contributed by atoms with van der Waals surface area (Å²) in [4.78, 5) is 14.5. The molecule has 2 aliphatic rings. The van der Waals surface area contributed by atoms with Crippen LogP contribution in [0.3, 0.4) is 0 Å². The smallest absolute Gasteiger partial charge is 0.276 e. The second-order valence-corrected chi connectivity index (χ2v) is 5.94. The fraction of sp³-hybridized carbons (Fsp3) is 0.533. The van der Waals surface area contributed by atoms with Crippen molar-refractivity contribution < 1.29 is 14.1 Å². The van der Waals surface area contributed by atoms with E-state index in [1.165, 1.54) is 0 Å². The maximum absolute atomic E-state index is 12.7. The molecule has 7 nitrogen and oxygen atoms in total. The number of carbonyl (C=O) groups excluding carboxylic acids is 1. The van der Waals surface area contributed by atoms with Crippen molar-refractivity contribution in [2.75, 3.05) is 13.7 Å². The van der Waals surface area contributed by atoms with Crippen molar-refractivity contribution in [1.82, 2.24) is 19.8 Å². The minimum atomic E-state index is -0.118. The molecule has 4 rings (SSSR count). The van der Waals surface area contributed by atoms with Crippen molar-refractivity contribution in [2.45, 2.75) is 38.0 Å². The normalized spacial score (nSPS) is 21.5. The Balaban J connectivity index is 1.58. The summed E-state index contributed by atoms with van der Waals surface area (Å²) >= 11 is 0. The molecule has 2 aromatic heterocycles. The van der Waals surface area contributed by atoms with E-state index >= 15 is 0 Å². The standard InChI is InChI=1S/C15H18N4O3/c1-21-12-8-18(7-11-4-5-16-19(11)9-12)15(20)13-6-14(22-17-13)10-2-3-10/h4-6,10,12H,2-3,7-9H2,1H3. The summed E-state index contributed by atoms with van der Waals surface area (Å²) in [5, 5.41) is 8.23. The first-order valence-electron chi connectivity index (χ1n) is 7.54. The van der Waals surface area contributed by atoms with E-state index in [0.29, 0.717) is 31.2 Å². The van der Waals surface area contributed by atoms with Crippen LogP contribution in [0.15, 0.2) is 22.9 Å². The highest BCUT2D eigenvalue weighted by atomic mass is 16.5. The summed E-state index contributed by atoms with van der Waals surface area (Å²) in [6.07, 6.45) is 3.91. The summed E-state index contributed by atoms with van der Waals surface area (Å²) in [7, 11) is 1.66. The Labute approximate surface area is 127 Å². The number of rotatable bonds is 3. The summed E-state index contributed by atoms with van der Waals surface area (Å²) in [6.45, 7) is 1.67. The first-order chi connectivity index (χ1) is 10.7. The highest BCUT2D eigenvalue weighted by Gasteiger charge is 2.31. The molecule has 0 radical (unpaired) electrons. The molecule has 1 aliphatic heterocycles. The highest BCUT2D eigenvalue weighted by molar-refractivity contribution is 5.92. The van der Waals surface area contributed by atoms with Crippen molar-refractivity contribution in [1.29, 1.82) is 0 Å². The molecule has 3 heterocycles. The minimum Gasteiger partial charge on any atom is -0.378 e. The van der Waals surface area contributed by atoms with E-state index in [2.05, 4.69) is 10.3 Å². The van der Waals surface area contributed by atoms with E-state index in [1.807, 2.05) is 10.7 Å². The summed E-state index contributed by atoms with van der Waals surface area (Å²) in [5.41, 5.74) is 1.38. The van der Waals surface area contributed by atoms with Gasteiger partial charge in [-0.1, -0.05) is 5.16 Å². The van der Waals surface area contributed by atoms with E-state index in [4.69, 9.17) is 9.26 Å². The second kappa shape index (κ2) is 5.24. The lowest BCUT2D eigenvalue weighted by atomic mass is 10.2. The van der Waals surface area contributed by atoms with Gasteiger partial charge in [0.1, 0.15) is 5.76 Å². The molecule has 2 aromatic rings. The van der Waals surface area contributed by atoms with Crippen molar-refractivity contribution in [2.24, 2.45) is 0 Å². The molecule has 1 saturated carbocycles. The second-order valence-electron chi connectivity index (χ2n) is 5.94. The highest BCUT2D eigenvalue weighted by Crippen LogP contribution is 2.40. The quantitative estimate of drug-likeness (QED) is 0.857. The number of hydrogen-bond donors (Lipinski definition) is 0. The van der Waals surface area contributed by atoms with Gasteiger partial charge in [-0.25, -0.2) is 0 Å². The van der Waals surface area contributed by atoms with E-state index in [1.54, 1.807) is 24.3 Å². The van der Waals surface area contributed by atoms with Crippen molar-refractivity contribution in [3.63, 3.8) is 0 Å². The van der Waals surface area contributed by atoms with Crippen molar-refractivity contribution in [3.8, 4) is 0 Å². The predicted octanol–water partition coefficient (Wildman–Crippen LogP) is 1.42. The van der Waals surface area contributed by atoms with Gasteiger partial charge in [-0.05, 0) is 18.9 Å². The third-order valence-corrected chi connectivity index (χ3v) is 4.31. The van der Waals surface area contributed by atoms with Crippen molar-refractivity contribution >= 4 is 5.91 Å². The Bertz CT molecular complexity index is 689. The molecule has 1 amide bonds. The minimum absolute atomic E-state index is 0.0834. The molecule has 22 heavy (non-hydrogen) atoms. The topological polar surface area (TPSA) is 73.4 Å². The van der Waals surface area contributed by atoms with E-state index in [-0.39, 0.29) is 12.0 Å². The zero-order valence-corrected chi connectivity index (χ0v) is 12.4. The van der Waals surface area contributed by atoms with Crippen LogP contribution in [-0.4, -0.2) is 45.5 Å². The van der Waals surface area contributed by atoms with Gasteiger partial charge in [0, 0.05) is 31.8 Å². The van der Waals surface area contributed by atoms with E-state index in [9.17, 15) is 4.79 Å². The van der Waals surface area contributed by atoms with Gasteiger partial charge in [0.15, 0.2) is 5.69 Å². The molecule has 0 spiro atoms. The predicted molar refractivity (Wildman–Crippen MR) is 76.2 cm³/mol. The monoisotopic (exact) mass is 302 g/mol. The van der Waals surface area contributed by atoms with Crippen LogP contribution in [0.4, 0.5) is 0 Å². The molecular formula is C15H18N4O3. The molecular weight excluding hydrogens is 284 g/mol. The summed E-state index contributed by atoms with van der Waals surface area (Å²) in [5.74, 6) is 1.16. The molecule has 0 N–H and O–H groups in total. The van der Waals surface area contributed by atoms with Gasteiger partial charge in [0.2, 0.25) is 0 Å². The van der Waals surface area contributed by atoms with Crippen LogP contribution in [0.2, 0.25) is 0 Å². The fourth-order valence-corrected chi connectivity index (χ4v) is 2.83. The first kappa shape index (κ1) is 13.5. The first-order valence-corrected chi connectivity index (χ1v) is 7.54. The Morgan fingerprint density at radius 3 is 3.05 bits per heavy atom. The van der Waals surface area contributed by atoms with Gasteiger partial charge in [-0.3, -0.25) is 9.48 Å². The third kappa shape index (κ3) is 2.41. The molecule has 1 aliphatic carbocycles. The zero-order chi connectivity index (χ0) is 15.1. The number of carbonyl (C=O) groups is 1. The largest absolute Gasteiger partial charge is 0.378 e. The van der Waals surface area contributed by atoms with Crippen LogP contribution in [0.1, 0.15) is 40.7 Å². The molecule has 0 bridgehead atoms. The molecule has 7 heteroatoms. The maximum Gasteiger partial charge on any atom is 0.276 e. The van der Waals surface area contributed by atoms with Gasteiger partial charge < -0.3 is 14.2 Å². The van der Waals surface area contributed by atoms with Crippen LogP contribution in [0.25, 0.3) is 0 Å². The zero-order valence-electron chi connectivity index (χ0n) is 12.4. The number of methoxy groups -OCH3 is 1. The molecule has 0 saturated heterocycles. The lowest BCUT2D eigenvalue weighted by molar-refractivity contribution is 0.0443. The Morgan fingerprint density at radius 1 is 1.41 bits per heavy atom. The van der Waals surface area contributed by atoms with Gasteiger partial charge >= 0.3 is 0 Å². The number of fused-ring (bicyclic) bond motifs is 1. The number of ether oxygens (including phenoxy) is 1. The Hall–Kier alpha value is -2.15. The summed E-state index contributed by atoms with van der Waals surface area (Å²) in [6, 6.07) is 3.71. The summed E-state index contributed by atoms with van der Waals surface area (Å²) < 4.78 is 12.7. The lowest BCUT2D eigenvalue weighted by Gasteiger charge is -2.22. The average Bonchev–Trinajstić information content (AvgIpc) is 3.16. The number of amides is 1. The SMILES string of the molecule is COC1CN(C(=O)c2cc(C3CC3)on2)Cc2ccnn2C1. The van der Waals surface area contributed by atoms with Crippen LogP contribution in [0.5, 0.6) is 0 Å². The lowest BCUT2D eigenvalue weighted by Crippen LogP contribution is -2.37. The maximum atomic E-state index is 12.7. The molecule has 1 atom stereocenters. The van der Waals surface area contributed by atoms with E-state index < -0.39 is 0 Å². The van der Waals surface area contributed by atoms with E-state index in [0.717, 1.165) is 24.3 Å². The fourth-order valence-electron chi connectivity index (χ4n) is 2.83. The number of aromatic nitrogens is 3. The van der Waals surface area contributed by atoms with Crippen molar-refractivity contribution in [3.05, 3.63) is 35.5 Å². The Morgan fingerprint density at radius 2 is 2.27 bits per heavy atom.